The molecule has 1 saturated heterocycles. The standard InChI is InChI=1S/C12H15NO4S/c1-18(15,16)11-5-3-2-4-10(11)12(14)13-6-8-17-9-7-13/h2-5H,6-9H2,1H3. The van der Waals surface area contributed by atoms with Gasteiger partial charge in [-0.1, -0.05) is 12.1 Å². The lowest BCUT2D eigenvalue weighted by atomic mass is 10.2. The van der Waals surface area contributed by atoms with Gasteiger partial charge in [0.15, 0.2) is 9.84 Å². The van der Waals surface area contributed by atoms with Crippen LogP contribution < -0.4 is 0 Å². The number of ether oxygens (including phenoxy) is 1. The van der Waals surface area contributed by atoms with E-state index in [-0.39, 0.29) is 16.4 Å². The van der Waals surface area contributed by atoms with Crippen molar-refractivity contribution in [2.75, 3.05) is 32.6 Å². The summed E-state index contributed by atoms with van der Waals surface area (Å²) in [6, 6.07) is 6.30. The van der Waals surface area contributed by atoms with Crippen LogP contribution in [0.4, 0.5) is 0 Å². The first-order valence-electron chi connectivity index (χ1n) is 5.66. The van der Waals surface area contributed by atoms with Crippen molar-refractivity contribution in [3.63, 3.8) is 0 Å². The predicted octanol–water partition coefficient (Wildman–Crippen LogP) is 0.563. The monoisotopic (exact) mass is 269 g/mol. The number of nitrogens with zero attached hydrogens (tertiary/aromatic N) is 1. The Morgan fingerprint density at radius 2 is 1.83 bits per heavy atom. The fourth-order valence-electron chi connectivity index (χ4n) is 1.90. The smallest absolute Gasteiger partial charge is 0.255 e. The van der Waals surface area contributed by atoms with E-state index in [2.05, 4.69) is 0 Å². The van der Waals surface area contributed by atoms with Crippen LogP contribution in [0.1, 0.15) is 10.4 Å². The molecule has 0 radical (unpaired) electrons. The van der Waals surface area contributed by atoms with Gasteiger partial charge in [-0.15, -0.1) is 0 Å². The SMILES string of the molecule is CS(=O)(=O)c1ccccc1C(=O)N1CCOCC1. The summed E-state index contributed by atoms with van der Waals surface area (Å²) < 4.78 is 28.5. The zero-order valence-corrected chi connectivity index (χ0v) is 10.9. The zero-order chi connectivity index (χ0) is 13.2. The molecule has 1 aliphatic heterocycles. The molecule has 6 heteroatoms. The molecule has 0 aliphatic carbocycles. The summed E-state index contributed by atoms with van der Waals surface area (Å²) in [7, 11) is -3.40. The first kappa shape index (κ1) is 13.0. The van der Waals surface area contributed by atoms with E-state index < -0.39 is 9.84 Å². The first-order chi connectivity index (χ1) is 8.50. The van der Waals surface area contributed by atoms with Crippen LogP contribution in [0.3, 0.4) is 0 Å². The molecule has 0 N–H and O–H groups in total. The number of carbonyl (C=O) groups excluding carboxylic acids is 1. The second kappa shape index (κ2) is 5.07. The van der Waals surface area contributed by atoms with Gasteiger partial charge in [0.05, 0.1) is 23.7 Å². The fourth-order valence-corrected chi connectivity index (χ4v) is 2.78. The highest BCUT2D eigenvalue weighted by molar-refractivity contribution is 7.90. The van der Waals surface area contributed by atoms with Crippen LogP contribution in [0.25, 0.3) is 0 Å². The second-order valence-corrected chi connectivity index (χ2v) is 6.16. The van der Waals surface area contributed by atoms with E-state index in [0.717, 1.165) is 6.26 Å². The third-order valence-electron chi connectivity index (χ3n) is 2.82. The predicted molar refractivity (Wildman–Crippen MR) is 66.3 cm³/mol. The van der Waals surface area contributed by atoms with Crippen LogP contribution >= 0.6 is 0 Å². The van der Waals surface area contributed by atoms with Crippen molar-refractivity contribution < 1.29 is 17.9 Å². The van der Waals surface area contributed by atoms with Gasteiger partial charge < -0.3 is 9.64 Å². The molecule has 18 heavy (non-hydrogen) atoms. The Kier molecular flexibility index (Phi) is 3.68. The number of carbonyl (C=O) groups is 1. The third-order valence-corrected chi connectivity index (χ3v) is 3.97. The molecule has 1 aromatic carbocycles. The summed E-state index contributed by atoms with van der Waals surface area (Å²) in [6.45, 7) is 1.98. The highest BCUT2D eigenvalue weighted by atomic mass is 32.2. The van der Waals surface area contributed by atoms with Crippen molar-refractivity contribution in [3.8, 4) is 0 Å². The van der Waals surface area contributed by atoms with E-state index in [1.807, 2.05) is 0 Å². The molecule has 0 bridgehead atoms. The van der Waals surface area contributed by atoms with Crippen molar-refractivity contribution in [1.82, 2.24) is 4.90 Å². The largest absolute Gasteiger partial charge is 0.378 e. The van der Waals surface area contributed by atoms with Crippen molar-refractivity contribution in [3.05, 3.63) is 29.8 Å². The number of hydrogen-bond acceptors (Lipinski definition) is 4. The minimum absolute atomic E-state index is 0.0847. The van der Waals surface area contributed by atoms with Crippen LogP contribution in [-0.2, 0) is 14.6 Å². The van der Waals surface area contributed by atoms with Crippen LogP contribution in [-0.4, -0.2) is 51.8 Å². The van der Waals surface area contributed by atoms with Crippen molar-refractivity contribution in [2.24, 2.45) is 0 Å². The Labute approximate surface area is 106 Å². The molecule has 1 aromatic rings. The quantitative estimate of drug-likeness (QED) is 0.787. The maximum absolute atomic E-state index is 12.3. The molecule has 0 saturated carbocycles. The summed E-state index contributed by atoms with van der Waals surface area (Å²) >= 11 is 0. The van der Waals surface area contributed by atoms with Gasteiger partial charge in [-0.25, -0.2) is 8.42 Å². The molecule has 2 rings (SSSR count). The fraction of sp³-hybridized carbons (Fsp3) is 0.417. The van der Waals surface area contributed by atoms with Gasteiger partial charge in [0.25, 0.3) is 5.91 Å². The molecule has 0 aromatic heterocycles. The molecule has 1 heterocycles. The Balaban J connectivity index is 2.36. The number of rotatable bonds is 2. The average molecular weight is 269 g/mol. The normalized spacial score (nSPS) is 16.6. The number of amides is 1. The maximum atomic E-state index is 12.3. The van der Waals surface area contributed by atoms with Gasteiger partial charge in [0.2, 0.25) is 0 Å². The molecule has 0 spiro atoms. The van der Waals surface area contributed by atoms with Gasteiger partial charge in [0.1, 0.15) is 0 Å². The van der Waals surface area contributed by atoms with Crippen molar-refractivity contribution in [1.29, 1.82) is 0 Å². The van der Waals surface area contributed by atoms with E-state index in [0.29, 0.717) is 26.3 Å². The van der Waals surface area contributed by atoms with Crippen LogP contribution in [0.2, 0.25) is 0 Å². The summed E-state index contributed by atoms with van der Waals surface area (Å²) in [4.78, 5) is 14.0. The highest BCUT2D eigenvalue weighted by Crippen LogP contribution is 2.17. The molecular formula is C12H15NO4S. The topological polar surface area (TPSA) is 63.7 Å². The Hall–Kier alpha value is -1.40. The number of benzene rings is 1. The summed E-state index contributed by atoms with van der Waals surface area (Å²) in [5.41, 5.74) is 0.238. The lowest BCUT2D eigenvalue weighted by Crippen LogP contribution is -2.41. The van der Waals surface area contributed by atoms with E-state index in [9.17, 15) is 13.2 Å². The van der Waals surface area contributed by atoms with Crippen LogP contribution in [0, 0.1) is 0 Å². The van der Waals surface area contributed by atoms with Gasteiger partial charge in [-0.2, -0.15) is 0 Å². The highest BCUT2D eigenvalue weighted by Gasteiger charge is 2.23. The molecule has 1 amide bonds. The summed E-state index contributed by atoms with van der Waals surface area (Å²) in [6.07, 6.45) is 1.11. The minimum Gasteiger partial charge on any atom is -0.378 e. The second-order valence-electron chi connectivity index (χ2n) is 4.17. The van der Waals surface area contributed by atoms with E-state index in [1.165, 1.54) is 6.07 Å². The third kappa shape index (κ3) is 2.70. The van der Waals surface area contributed by atoms with Gasteiger partial charge in [-0.3, -0.25) is 4.79 Å². The molecule has 1 fully saturated rings. The summed E-state index contributed by atoms with van der Waals surface area (Å²) in [5.74, 6) is -0.251. The Morgan fingerprint density at radius 1 is 1.22 bits per heavy atom. The number of hydrogen-bond donors (Lipinski definition) is 0. The van der Waals surface area contributed by atoms with Crippen LogP contribution in [0.5, 0.6) is 0 Å². The minimum atomic E-state index is -3.40. The average Bonchev–Trinajstić information content (AvgIpc) is 2.38. The molecule has 0 unspecified atom stereocenters. The molecule has 98 valence electrons. The Bertz CT molecular complexity index is 547. The molecule has 5 nitrogen and oxygen atoms in total. The van der Waals surface area contributed by atoms with Crippen molar-refractivity contribution >= 4 is 15.7 Å². The first-order valence-corrected chi connectivity index (χ1v) is 7.55. The van der Waals surface area contributed by atoms with Crippen LogP contribution in [0.15, 0.2) is 29.2 Å². The van der Waals surface area contributed by atoms with E-state index in [1.54, 1.807) is 23.1 Å². The zero-order valence-electron chi connectivity index (χ0n) is 10.1. The molecule has 1 aliphatic rings. The molecule has 0 atom stereocenters. The van der Waals surface area contributed by atoms with E-state index >= 15 is 0 Å². The lowest BCUT2D eigenvalue weighted by molar-refractivity contribution is 0.0300. The van der Waals surface area contributed by atoms with Crippen molar-refractivity contribution in [2.45, 2.75) is 4.90 Å². The Morgan fingerprint density at radius 3 is 2.44 bits per heavy atom. The maximum Gasteiger partial charge on any atom is 0.255 e. The summed E-state index contributed by atoms with van der Waals surface area (Å²) in [5, 5.41) is 0. The van der Waals surface area contributed by atoms with Gasteiger partial charge in [0, 0.05) is 19.3 Å². The number of morpholine rings is 1. The number of sulfone groups is 1. The van der Waals surface area contributed by atoms with Gasteiger partial charge in [-0.05, 0) is 12.1 Å². The molecular weight excluding hydrogens is 254 g/mol. The van der Waals surface area contributed by atoms with E-state index in [4.69, 9.17) is 4.74 Å². The lowest BCUT2D eigenvalue weighted by Gasteiger charge is -2.27. The van der Waals surface area contributed by atoms with Gasteiger partial charge >= 0.3 is 0 Å².